The largest absolute Gasteiger partial charge is 0.335 e. The summed E-state index contributed by atoms with van der Waals surface area (Å²) in [7, 11) is 0. The van der Waals surface area contributed by atoms with Crippen LogP contribution < -0.4 is 0 Å². The highest BCUT2D eigenvalue weighted by Crippen LogP contribution is 2.09. The van der Waals surface area contributed by atoms with E-state index < -0.39 is 6.43 Å². The van der Waals surface area contributed by atoms with Crippen molar-refractivity contribution in [2.24, 2.45) is 4.99 Å². The molecule has 0 spiro atoms. The van der Waals surface area contributed by atoms with Crippen molar-refractivity contribution in [3.63, 3.8) is 0 Å². The molecule has 1 rings (SSSR count). The lowest BCUT2D eigenvalue weighted by atomic mass is 10.3. The Morgan fingerprint density at radius 3 is 2.80 bits per heavy atom. The Bertz CT molecular complexity index is 136. The van der Waals surface area contributed by atoms with Gasteiger partial charge in [-0.15, -0.1) is 0 Å². The Morgan fingerprint density at radius 1 is 1.70 bits per heavy atom. The fraction of sp³-hybridized carbons (Fsp3) is 0.667. The molecule has 0 aliphatic carbocycles. The Kier molecular flexibility index (Phi) is 2.19. The Labute approximate surface area is 58.5 Å². The minimum absolute atomic E-state index is 0.126. The summed E-state index contributed by atoms with van der Waals surface area (Å²) in [5.74, 6) is 0. The minimum atomic E-state index is -2.35. The van der Waals surface area contributed by atoms with E-state index in [0.717, 1.165) is 4.90 Å². The predicted octanol–water partition coefficient (Wildman–Crippen LogP) is 0.900. The molecule has 0 saturated heterocycles. The van der Waals surface area contributed by atoms with Gasteiger partial charge in [0.25, 0.3) is 6.43 Å². The molecule has 0 aromatic carbocycles. The van der Waals surface area contributed by atoms with Crippen LogP contribution in [0.4, 0.5) is 8.78 Å². The molecule has 4 heteroatoms. The minimum Gasteiger partial charge on any atom is -0.335 e. The first-order valence-corrected chi connectivity index (χ1v) is 2.96. The lowest BCUT2D eigenvalue weighted by Crippen LogP contribution is -2.23. The number of halogens is 2. The van der Waals surface area contributed by atoms with Gasteiger partial charge in [0, 0.05) is 0 Å². The SMILES string of the molecule is CC1[C]N(CC(F)F)[C]=N1. The van der Waals surface area contributed by atoms with Crippen LogP contribution in [0.2, 0.25) is 0 Å². The number of hydrogen-bond acceptors (Lipinski definition) is 2. The Balaban J connectivity index is 2.26. The molecule has 10 heavy (non-hydrogen) atoms. The maximum atomic E-state index is 11.7. The molecular formula is C6H7F2N2. The highest BCUT2D eigenvalue weighted by Gasteiger charge is 2.18. The Hall–Kier alpha value is -0.670. The highest BCUT2D eigenvalue weighted by atomic mass is 19.3. The van der Waals surface area contributed by atoms with Gasteiger partial charge in [0.15, 0.2) is 6.34 Å². The fourth-order valence-electron chi connectivity index (χ4n) is 0.671. The van der Waals surface area contributed by atoms with Crippen LogP contribution >= 0.6 is 0 Å². The summed E-state index contributed by atoms with van der Waals surface area (Å²) >= 11 is 0. The van der Waals surface area contributed by atoms with Crippen LogP contribution in [0.1, 0.15) is 6.92 Å². The smallest absolute Gasteiger partial charge is 0.255 e. The van der Waals surface area contributed by atoms with E-state index >= 15 is 0 Å². The highest BCUT2D eigenvalue weighted by molar-refractivity contribution is 5.59. The fourth-order valence-corrected chi connectivity index (χ4v) is 0.671. The van der Waals surface area contributed by atoms with Gasteiger partial charge in [-0.3, -0.25) is 4.99 Å². The number of nitrogens with zero attached hydrogens (tertiary/aromatic N) is 2. The summed E-state index contributed by atoms with van der Waals surface area (Å²) in [6.07, 6.45) is 0.0581. The van der Waals surface area contributed by atoms with Crippen LogP contribution in [-0.2, 0) is 0 Å². The van der Waals surface area contributed by atoms with Crippen molar-refractivity contribution in [1.82, 2.24) is 4.90 Å². The zero-order chi connectivity index (χ0) is 7.56. The molecule has 0 bridgehead atoms. The van der Waals surface area contributed by atoms with Crippen LogP contribution in [0, 0.1) is 6.54 Å². The number of rotatable bonds is 2. The second-order valence-corrected chi connectivity index (χ2v) is 2.04. The van der Waals surface area contributed by atoms with Crippen LogP contribution in [-0.4, -0.2) is 30.3 Å². The third kappa shape index (κ3) is 1.93. The molecule has 3 radical (unpaired) electrons. The second kappa shape index (κ2) is 2.94. The normalized spacial score (nSPS) is 24.8. The van der Waals surface area contributed by atoms with E-state index in [0.29, 0.717) is 0 Å². The van der Waals surface area contributed by atoms with E-state index in [1.807, 2.05) is 0 Å². The first-order valence-electron chi connectivity index (χ1n) is 2.96. The molecule has 0 amide bonds. The number of hydrogen-bond donors (Lipinski definition) is 0. The molecule has 1 aliphatic heterocycles. The van der Waals surface area contributed by atoms with Gasteiger partial charge in [-0.2, -0.15) is 0 Å². The molecule has 1 aliphatic rings. The first-order chi connectivity index (χ1) is 4.68. The van der Waals surface area contributed by atoms with Gasteiger partial charge < -0.3 is 4.90 Å². The molecule has 1 atom stereocenters. The average molecular weight is 145 g/mol. The van der Waals surface area contributed by atoms with Gasteiger partial charge in [0.05, 0.1) is 12.6 Å². The topological polar surface area (TPSA) is 15.6 Å². The van der Waals surface area contributed by atoms with E-state index in [1.165, 1.54) is 0 Å². The lowest BCUT2D eigenvalue weighted by Gasteiger charge is -2.10. The quantitative estimate of drug-likeness (QED) is 0.563. The van der Waals surface area contributed by atoms with Gasteiger partial charge in [0.1, 0.15) is 6.54 Å². The molecule has 0 saturated carbocycles. The van der Waals surface area contributed by atoms with Crippen molar-refractivity contribution in [1.29, 1.82) is 0 Å². The molecule has 0 aromatic heterocycles. The summed E-state index contributed by atoms with van der Waals surface area (Å²) in [5.41, 5.74) is 0. The van der Waals surface area contributed by atoms with Gasteiger partial charge in [-0.1, -0.05) is 0 Å². The molecule has 55 valence electrons. The van der Waals surface area contributed by atoms with Crippen molar-refractivity contribution in [2.75, 3.05) is 6.54 Å². The first kappa shape index (κ1) is 7.44. The van der Waals surface area contributed by atoms with Crippen molar-refractivity contribution in [3.05, 3.63) is 6.54 Å². The van der Waals surface area contributed by atoms with E-state index in [4.69, 9.17) is 0 Å². The average Bonchev–Trinajstić information content (AvgIpc) is 2.13. The summed E-state index contributed by atoms with van der Waals surface area (Å²) in [6.45, 7) is 4.07. The molecule has 1 unspecified atom stereocenters. The van der Waals surface area contributed by atoms with Gasteiger partial charge in [0.2, 0.25) is 0 Å². The standard InChI is InChI=1S/C6H7F2N2/c1-5-2-10(4-9-5)3-6(7)8/h5-6H,3H2,1H3. The van der Waals surface area contributed by atoms with Crippen LogP contribution in [0.15, 0.2) is 4.99 Å². The van der Waals surface area contributed by atoms with Crippen molar-refractivity contribution >= 4 is 6.34 Å². The van der Waals surface area contributed by atoms with Crippen LogP contribution in [0.5, 0.6) is 0 Å². The van der Waals surface area contributed by atoms with Crippen LogP contribution in [0.25, 0.3) is 0 Å². The summed E-state index contributed by atoms with van der Waals surface area (Å²) in [4.78, 5) is 4.86. The van der Waals surface area contributed by atoms with Crippen LogP contribution in [0.3, 0.4) is 0 Å². The molecule has 2 nitrogen and oxygen atoms in total. The van der Waals surface area contributed by atoms with E-state index in [1.54, 1.807) is 6.92 Å². The summed E-state index contributed by atoms with van der Waals surface area (Å²) < 4.78 is 23.3. The monoisotopic (exact) mass is 145 g/mol. The molecule has 0 N–H and O–H groups in total. The van der Waals surface area contributed by atoms with E-state index in [9.17, 15) is 8.78 Å². The molecule has 0 aromatic rings. The molecular weight excluding hydrogens is 138 g/mol. The number of aliphatic imine (C=N–C) groups is 1. The maximum Gasteiger partial charge on any atom is 0.255 e. The lowest BCUT2D eigenvalue weighted by molar-refractivity contribution is 0.126. The molecule has 1 heterocycles. The van der Waals surface area contributed by atoms with Crippen molar-refractivity contribution in [3.8, 4) is 0 Å². The third-order valence-electron chi connectivity index (χ3n) is 1.04. The van der Waals surface area contributed by atoms with E-state index in [-0.39, 0.29) is 12.6 Å². The zero-order valence-corrected chi connectivity index (χ0v) is 5.51. The zero-order valence-electron chi connectivity index (χ0n) is 5.51. The van der Waals surface area contributed by atoms with Gasteiger partial charge in [-0.05, 0) is 6.92 Å². The predicted molar refractivity (Wildman–Crippen MR) is 32.8 cm³/mol. The van der Waals surface area contributed by atoms with E-state index in [2.05, 4.69) is 17.9 Å². The summed E-state index contributed by atoms with van der Waals surface area (Å²) in [6, 6.07) is -0.126. The second-order valence-electron chi connectivity index (χ2n) is 2.04. The molecule has 0 fully saturated rings. The Morgan fingerprint density at radius 2 is 2.40 bits per heavy atom. The third-order valence-corrected chi connectivity index (χ3v) is 1.04. The summed E-state index contributed by atoms with van der Waals surface area (Å²) in [5, 5.41) is 0. The van der Waals surface area contributed by atoms with Crippen molar-refractivity contribution < 1.29 is 8.78 Å². The van der Waals surface area contributed by atoms with Crippen molar-refractivity contribution in [2.45, 2.75) is 19.4 Å². The maximum absolute atomic E-state index is 11.7. The number of alkyl halides is 2. The van der Waals surface area contributed by atoms with Gasteiger partial charge >= 0.3 is 0 Å². The van der Waals surface area contributed by atoms with Gasteiger partial charge in [-0.25, -0.2) is 8.78 Å².